The molecule has 2 aromatic carbocycles. The van der Waals surface area contributed by atoms with E-state index in [4.69, 9.17) is 0 Å². The molecule has 4 rings (SSSR count). The molecule has 1 heteroatoms. The number of nitrogens with zero attached hydrogens (tertiary/aromatic N) is 1. The molecule has 28 heavy (non-hydrogen) atoms. The van der Waals surface area contributed by atoms with Crippen molar-refractivity contribution in [2.75, 3.05) is 0 Å². The van der Waals surface area contributed by atoms with E-state index >= 15 is 0 Å². The highest BCUT2D eigenvalue weighted by atomic mass is 14.9. The summed E-state index contributed by atoms with van der Waals surface area (Å²) in [6.45, 7) is 13.7. The van der Waals surface area contributed by atoms with Gasteiger partial charge in [0.25, 0.3) is 0 Å². The second-order valence-electron chi connectivity index (χ2n) is 9.11. The summed E-state index contributed by atoms with van der Waals surface area (Å²) in [4.78, 5) is 0. The van der Waals surface area contributed by atoms with Crippen LogP contribution < -0.4 is 4.57 Å². The van der Waals surface area contributed by atoms with Gasteiger partial charge < -0.3 is 0 Å². The highest BCUT2D eigenvalue weighted by molar-refractivity contribution is 5.85. The zero-order valence-corrected chi connectivity index (χ0v) is 18.4. The zero-order chi connectivity index (χ0) is 20.2. The standard InChI is InChI=1S/C27H32N/c1-16(2)23-14-26(28(7)15-25(23)17(3)4)27-19(6)9-11-22-21-10-8-18(5)12-20(21)13-24(22)27/h8-12,14-17H,13H2,1-7H3/q+1. The van der Waals surface area contributed by atoms with E-state index in [2.05, 4.69) is 95.8 Å². The Morgan fingerprint density at radius 2 is 1.50 bits per heavy atom. The van der Waals surface area contributed by atoms with E-state index in [1.54, 1.807) is 0 Å². The lowest BCUT2D eigenvalue weighted by molar-refractivity contribution is -0.661. The minimum Gasteiger partial charge on any atom is -0.201 e. The number of fused-ring (bicyclic) bond motifs is 3. The van der Waals surface area contributed by atoms with Gasteiger partial charge in [0.15, 0.2) is 6.20 Å². The molecule has 0 amide bonds. The first-order valence-corrected chi connectivity index (χ1v) is 10.5. The van der Waals surface area contributed by atoms with Crippen LogP contribution in [0.4, 0.5) is 0 Å². The van der Waals surface area contributed by atoms with Gasteiger partial charge in [-0.05, 0) is 65.5 Å². The summed E-state index contributed by atoms with van der Waals surface area (Å²) in [7, 11) is 2.20. The molecule has 0 saturated carbocycles. The highest BCUT2D eigenvalue weighted by Gasteiger charge is 2.28. The lowest BCUT2D eigenvalue weighted by Crippen LogP contribution is -2.33. The third-order valence-corrected chi connectivity index (χ3v) is 6.28. The minimum atomic E-state index is 0.522. The lowest BCUT2D eigenvalue weighted by Gasteiger charge is -2.17. The number of aromatic nitrogens is 1. The molecule has 0 radical (unpaired) electrons. The van der Waals surface area contributed by atoms with E-state index in [0.717, 1.165) is 6.42 Å². The molecule has 0 spiro atoms. The number of benzene rings is 2. The highest BCUT2D eigenvalue weighted by Crippen LogP contribution is 2.43. The predicted molar refractivity (Wildman–Crippen MR) is 119 cm³/mol. The number of pyridine rings is 1. The van der Waals surface area contributed by atoms with Crippen LogP contribution >= 0.6 is 0 Å². The summed E-state index contributed by atoms with van der Waals surface area (Å²) in [5.74, 6) is 1.06. The van der Waals surface area contributed by atoms with Crippen LogP contribution in [-0.4, -0.2) is 0 Å². The van der Waals surface area contributed by atoms with Crippen molar-refractivity contribution >= 4 is 0 Å². The fourth-order valence-electron chi connectivity index (χ4n) is 4.80. The van der Waals surface area contributed by atoms with Crippen molar-refractivity contribution in [1.29, 1.82) is 0 Å². The maximum absolute atomic E-state index is 2.46. The van der Waals surface area contributed by atoms with Crippen LogP contribution in [0.5, 0.6) is 0 Å². The summed E-state index contributed by atoms with van der Waals surface area (Å²) in [6.07, 6.45) is 3.40. The van der Waals surface area contributed by atoms with E-state index in [1.807, 2.05) is 0 Å². The molecule has 3 aromatic rings. The molecule has 0 fully saturated rings. The van der Waals surface area contributed by atoms with Crippen LogP contribution in [0.15, 0.2) is 42.6 Å². The van der Waals surface area contributed by atoms with Gasteiger partial charge in [0.2, 0.25) is 5.69 Å². The van der Waals surface area contributed by atoms with Gasteiger partial charge in [-0.25, -0.2) is 4.57 Å². The maximum Gasteiger partial charge on any atom is 0.213 e. The Morgan fingerprint density at radius 3 is 2.18 bits per heavy atom. The monoisotopic (exact) mass is 370 g/mol. The van der Waals surface area contributed by atoms with Gasteiger partial charge in [-0.3, -0.25) is 0 Å². The van der Waals surface area contributed by atoms with E-state index in [0.29, 0.717) is 11.8 Å². The quantitative estimate of drug-likeness (QED) is 0.357. The summed E-state index contributed by atoms with van der Waals surface area (Å²) >= 11 is 0. The fourth-order valence-corrected chi connectivity index (χ4v) is 4.80. The lowest BCUT2D eigenvalue weighted by atomic mass is 9.88. The Morgan fingerprint density at radius 1 is 0.821 bits per heavy atom. The molecular weight excluding hydrogens is 338 g/mol. The molecule has 0 saturated heterocycles. The van der Waals surface area contributed by atoms with Crippen LogP contribution in [0.3, 0.4) is 0 Å². The average Bonchev–Trinajstić information content (AvgIpc) is 2.98. The molecule has 0 atom stereocenters. The summed E-state index contributed by atoms with van der Waals surface area (Å²) in [5, 5.41) is 0. The molecule has 1 aliphatic carbocycles. The Labute approximate surface area is 170 Å². The molecule has 144 valence electrons. The molecular formula is C27H32N+. The van der Waals surface area contributed by atoms with Crippen molar-refractivity contribution in [3.63, 3.8) is 0 Å². The van der Waals surface area contributed by atoms with Crippen molar-refractivity contribution in [1.82, 2.24) is 0 Å². The van der Waals surface area contributed by atoms with Gasteiger partial charge >= 0.3 is 0 Å². The molecule has 0 aliphatic heterocycles. The van der Waals surface area contributed by atoms with Crippen molar-refractivity contribution in [3.05, 3.63) is 76.0 Å². The van der Waals surface area contributed by atoms with Crippen molar-refractivity contribution < 1.29 is 4.57 Å². The van der Waals surface area contributed by atoms with E-state index in [1.165, 1.54) is 55.8 Å². The first kappa shape index (κ1) is 18.9. The Kier molecular flexibility index (Phi) is 4.65. The smallest absolute Gasteiger partial charge is 0.201 e. The Bertz CT molecular complexity index is 1070. The zero-order valence-electron chi connectivity index (χ0n) is 18.4. The average molecular weight is 371 g/mol. The summed E-state index contributed by atoms with van der Waals surface area (Å²) in [5.41, 5.74) is 14.2. The molecule has 1 nitrogen and oxygen atoms in total. The first-order chi connectivity index (χ1) is 13.3. The van der Waals surface area contributed by atoms with Gasteiger partial charge in [-0.2, -0.15) is 0 Å². The second-order valence-corrected chi connectivity index (χ2v) is 9.11. The number of hydrogen-bond donors (Lipinski definition) is 0. The summed E-state index contributed by atoms with van der Waals surface area (Å²) in [6, 6.07) is 14.0. The Hall–Kier alpha value is -2.41. The van der Waals surface area contributed by atoms with Gasteiger partial charge in [0, 0.05) is 11.6 Å². The third-order valence-electron chi connectivity index (χ3n) is 6.28. The first-order valence-electron chi connectivity index (χ1n) is 10.5. The van der Waals surface area contributed by atoms with E-state index in [-0.39, 0.29) is 0 Å². The molecule has 1 heterocycles. The second kappa shape index (κ2) is 6.88. The molecule has 1 aliphatic rings. The predicted octanol–water partition coefficient (Wildman–Crippen LogP) is 6.61. The molecule has 0 unspecified atom stereocenters. The maximum atomic E-state index is 2.46. The van der Waals surface area contributed by atoms with Gasteiger partial charge in [-0.1, -0.05) is 63.6 Å². The van der Waals surface area contributed by atoms with Gasteiger partial charge in [0.05, 0.1) is 5.56 Å². The molecule has 0 N–H and O–H groups in total. The number of rotatable bonds is 3. The van der Waals surface area contributed by atoms with Crippen LogP contribution in [0.1, 0.15) is 72.9 Å². The van der Waals surface area contributed by atoms with Gasteiger partial charge in [0.1, 0.15) is 7.05 Å². The van der Waals surface area contributed by atoms with E-state index < -0.39 is 0 Å². The summed E-state index contributed by atoms with van der Waals surface area (Å²) < 4.78 is 2.35. The van der Waals surface area contributed by atoms with Crippen molar-refractivity contribution in [2.45, 2.75) is 59.8 Å². The number of aryl methyl sites for hydroxylation is 3. The molecule has 0 bridgehead atoms. The third kappa shape index (κ3) is 2.98. The Balaban J connectivity index is 1.96. The fraction of sp³-hybridized carbons (Fsp3) is 0.370. The largest absolute Gasteiger partial charge is 0.213 e. The van der Waals surface area contributed by atoms with Gasteiger partial charge in [-0.15, -0.1) is 0 Å². The molecule has 1 aromatic heterocycles. The SMILES string of the molecule is Cc1ccc2c(c1)Cc1c-2ccc(C)c1-c1cc(C(C)C)c(C(C)C)c[n+]1C. The number of hydrogen-bond acceptors (Lipinski definition) is 0. The normalized spacial score (nSPS) is 12.6. The van der Waals surface area contributed by atoms with Crippen LogP contribution in [0, 0.1) is 13.8 Å². The topological polar surface area (TPSA) is 3.88 Å². The van der Waals surface area contributed by atoms with Crippen LogP contribution in [0.2, 0.25) is 0 Å². The van der Waals surface area contributed by atoms with E-state index in [9.17, 15) is 0 Å². The minimum absolute atomic E-state index is 0.522. The van der Waals surface area contributed by atoms with Crippen molar-refractivity contribution in [3.8, 4) is 22.4 Å². The van der Waals surface area contributed by atoms with Crippen molar-refractivity contribution in [2.24, 2.45) is 7.05 Å². The van der Waals surface area contributed by atoms with Crippen LogP contribution in [0.25, 0.3) is 22.4 Å². The van der Waals surface area contributed by atoms with Crippen LogP contribution in [-0.2, 0) is 13.5 Å².